The van der Waals surface area contributed by atoms with Crippen molar-refractivity contribution < 1.29 is 13.2 Å². The van der Waals surface area contributed by atoms with Gasteiger partial charge < -0.3 is 0 Å². The molecule has 1 amide bonds. The van der Waals surface area contributed by atoms with Crippen LogP contribution >= 0.6 is 0 Å². The Morgan fingerprint density at radius 1 is 1.25 bits per heavy atom. The number of carbonyl (C=O) groups is 1. The number of hydrogen-bond acceptors (Lipinski definition) is 3. The van der Waals surface area contributed by atoms with E-state index in [1.54, 1.807) is 34.6 Å². The number of amides is 1. The average Bonchev–Trinajstić information content (AvgIpc) is 1.97. The van der Waals surface area contributed by atoms with Gasteiger partial charge in [-0.1, -0.05) is 0 Å². The Balaban J connectivity index is 3.31. The van der Waals surface area contributed by atoms with E-state index < -0.39 is 21.7 Å². The summed E-state index contributed by atoms with van der Waals surface area (Å²) in [6.07, 6.45) is 2.61. The van der Waals surface area contributed by atoms with Crippen LogP contribution in [0.3, 0.4) is 0 Å². The predicted molar refractivity (Wildman–Crippen MR) is 61.6 cm³/mol. The highest BCUT2D eigenvalue weighted by Crippen LogP contribution is 2.26. The third-order valence-corrected chi connectivity index (χ3v) is 4.46. The van der Waals surface area contributed by atoms with Crippen LogP contribution in [0.15, 0.2) is 12.3 Å². The summed E-state index contributed by atoms with van der Waals surface area (Å²) in [5.74, 6) is -0.490. The normalized spacial score (nSPS) is 20.8. The predicted octanol–water partition coefficient (Wildman–Crippen LogP) is 1.10. The summed E-state index contributed by atoms with van der Waals surface area (Å²) in [4.78, 5) is 11.6. The molecule has 0 N–H and O–H groups in total. The summed E-state index contributed by atoms with van der Waals surface area (Å²) in [6.45, 7) is 8.69. The molecule has 0 radical (unpaired) electrons. The fraction of sp³-hybridized carbons (Fsp3) is 0.700. The SMILES string of the molecule is CC(C)N1C(=O)C=CN(C(C)(C)C)S1(=O)=O. The molecular weight excluding hydrogens is 228 g/mol. The summed E-state index contributed by atoms with van der Waals surface area (Å²) in [5, 5.41) is 0. The van der Waals surface area contributed by atoms with E-state index in [0.717, 1.165) is 4.31 Å². The van der Waals surface area contributed by atoms with Gasteiger partial charge in [0.25, 0.3) is 5.91 Å². The van der Waals surface area contributed by atoms with Crippen molar-refractivity contribution >= 4 is 16.1 Å². The highest BCUT2D eigenvalue weighted by Gasteiger charge is 2.41. The first-order valence-electron chi connectivity index (χ1n) is 5.14. The van der Waals surface area contributed by atoms with Crippen LogP contribution in [-0.4, -0.2) is 34.5 Å². The number of nitrogens with zero attached hydrogens (tertiary/aromatic N) is 2. The van der Waals surface area contributed by atoms with Gasteiger partial charge in [-0.15, -0.1) is 0 Å². The second-order valence-corrected chi connectivity index (χ2v) is 6.70. The summed E-state index contributed by atoms with van der Waals surface area (Å²) in [7, 11) is -3.74. The van der Waals surface area contributed by atoms with Gasteiger partial charge in [0.2, 0.25) is 0 Å². The van der Waals surface area contributed by atoms with Gasteiger partial charge in [0.1, 0.15) is 0 Å². The van der Waals surface area contributed by atoms with Crippen LogP contribution in [0.25, 0.3) is 0 Å². The molecule has 0 saturated carbocycles. The lowest BCUT2D eigenvalue weighted by Gasteiger charge is -2.40. The summed E-state index contributed by atoms with van der Waals surface area (Å²) in [6, 6.07) is -0.382. The Kier molecular flexibility index (Phi) is 3.06. The molecule has 0 saturated heterocycles. The molecule has 1 aliphatic heterocycles. The van der Waals surface area contributed by atoms with Crippen molar-refractivity contribution in [3.8, 4) is 0 Å². The van der Waals surface area contributed by atoms with Crippen molar-refractivity contribution in [1.29, 1.82) is 0 Å². The van der Waals surface area contributed by atoms with Crippen molar-refractivity contribution in [1.82, 2.24) is 8.61 Å². The number of hydrogen-bond donors (Lipinski definition) is 0. The minimum Gasteiger partial charge on any atom is -0.269 e. The third-order valence-electron chi connectivity index (χ3n) is 2.20. The highest BCUT2D eigenvalue weighted by atomic mass is 32.2. The van der Waals surface area contributed by atoms with Crippen LogP contribution in [0.2, 0.25) is 0 Å². The first-order valence-corrected chi connectivity index (χ1v) is 6.54. The first-order chi connectivity index (χ1) is 7.08. The fourth-order valence-corrected chi connectivity index (χ4v) is 3.50. The Bertz CT molecular complexity index is 418. The summed E-state index contributed by atoms with van der Waals surface area (Å²) in [5.41, 5.74) is -0.580. The zero-order valence-corrected chi connectivity index (χ0v) is 11.1. The number of carbonyl (C=O) groups excluding carboxylic acids is 1. The lowest BCUT2D eigenvalue weighted by atomic mass is 10.1. The Morgan fingerprint density at radius 3 is 2.12 bits per heavy atom. The smallest absolute Gasteiger partial charge is 0.269 e. The highest BCUT2D eigenvalue weighted by molar-refractivity contribution is 7.87. The topological polar surface area (TPSA) is 57.7 Å². The van der Waals surface area contributed by atoms with E-state index in [2.05, 4.69) is 0 Å². The minimum atomic E-state index is -3.74. The zero-order valence-electron chi connectivity index (χ0n) is 10.3. The Labute approximate surface area is 96.9 Å². The van der Waals surface area contributed by atoms with Crippen LogP contribution in [-0.2, 0) is 15.0 Å². The van der Waals surface area contributed by atoms with Crippen LogP contribution in [0.5, 0.6) is 0 Å². The molecule has 0 aromatic heterocycles. The van der Waals surface area contributed by atoms with Crippen molar-refractivity contribution in [2.24, 2.45) is 0 Å². The van der Waals surface area contributed by atoms with Gasteiger partial charge in [-0.05, 0) is 34.6 Å². The summed E-state index contributed by atoms with van der Waals surface area (Å²) < 4.78 is 26.5. The molecule has 92 valence electrons. The Hall–Kier alpha value is -1.04. The van der Waals surface area contributed by atoms with Gasteiger partial charge in [-0.2, -0.15) is 8.42 Å². The van der Waals surface area contributed by atoms with Crippen LogP contribution < -0.4 is 0 Å². The van der Waals surface area contributed by atoms with Crippen LogP contribution in [0.4, 0.5) is 0 Å². The van der Waals surface area contributed by atoms with E-state index in [0.29, 0.717) is 0 Å². The van der Waals surface area contributed by atoms with Crippen molar-refractivity contribution in [3.05, 3.63) is 12.3 Å². The molecule has 1 rings (SSSR count). The molecule has 5 nitrogen and oxygen atoms in total. The molecule has 0 aromatic carbocycles. The molecule has 0 fully saturated rings. The molecule has 1 heterocycles. The van der Waals surface area contributed by atoms with Gasteiger partial charge in [0, 0.05) is 23.9 Å². The maximum absolute atomic E-state index is 12.2. The molecule has 0 unspecified atom stereocenters. The van der Waals surface area contributed by atoms with Gasteiger partial charge in [-0.25, -0.2) is 4.31 Å². The average molecular weight is 246 g/mol. The summed E-state index contributed by atoms with van der Waals surface area (Å²) >= 11 is 0. The quantitative estimate of drug-likeness (QED) is 0.696. The molecule has 16 heavy (non-hydrogen) atoms. The molecule has 0 bridgehead atoms. The van der Waals surface area contributed by atoms with Crippen LogP contribution in [0, 0.1) is 0 Å². The third kappa shape index (κ3) is 2.07. The van der Waals surface area contributed by atoms with E-state index in [4.69, 9.17) is 0 Å². The van der Waals surface area contributed by atoms with Gasteiger partial charge in [0.15, 0.2) is 0 Å². The fourth-order valence-electron chi connectivity index (χ4n) is 1.58. The molecule has 6 heteroatoms. The van der Waals surface area contributed by atoms with Crippen molar-refractivity contribution in [3.63, 3.8) is 0 Å². The minimum absolute atomic E-state index is 0.382. The zero-order chi connectivity index (χ0) is 12.7. The lowest BCUT2D eigenvalue weighted by molar-refractivity contribution is -0.123. The van der Waals surface area contributed by atoms with Gasteiger partial charge in [-0.3, -0.25) is 9.10 Å². The molecule has 0 spiro atoms. The molecule has 0 aliphatic carbocycles. The lowest BCUT2D eigenvalue weighted by Crippen LogP contribution is -2.55. The second kappa shape index (κ2) is 3.76. The van der Waals surface area contributed by atoms with Crippen molar-refractivity contribution in [2.75, 3.05) is 0 Å². The first kappa shape index (κ1) is 13.0. The maximum Gasteiger partial charge on any atom is 0.329 e. The van der Waals surface area contributed by atoms with E-state index in [1.165, 1.54) is 16.6 Å². The molecular formula is C10H18N2O3S. The van der Waals surface area contributed by atoms with Crippen LogP contribution in [0.1, 0.15) is 34.6 Å². The van der Waals surface area contributed by atoms with E-state index >= 15 is 0 Å². The van der Waals surface area contributed by atoms with E-state index in [9.17, 15) is 13.2 Å². The molecule has 0 atom stereocenters. The molecule has 0 aromatic rings. The number of rotatable bonds is 1. The maximum atomic E-state index is 12.2. The van der Waals surface area contributed by atoms with E-state index in [-0.39, 0.29) is 6.04 Å². The molecule has 1 aliphatic rings. The standard InChI is InChI=1S/C10H18N2O3S/c1-8(2)12-9(13)6-7-11(10(3,4)5)16(12,14)15/h6-8H,1-5H3. The second-order valence-electron chi connectivity index (χ2n) is 5.02. The Morgan fingerprint density at radius 2 is 1.75 bits per heavy atom. The van der Waals surface area contributed by atoms with Gasteiger partial charge >= 0.3 is 10.2 Å². The van der Waals surface area contributed by atoms with E-state index in [1.807, 2.05) is 0 Å². The largest absolute Gasteiger partial charge is 0.329 e. The van der Waals surface area contributed by atoms with Gasteiger partial charge in [0.05, 0.1) is 0 Å². The van der Waals surface area contributed by atoms with Crippen molar-refractivity contribution in [2.45, 2.75) is 46.2 Å². The monoisotopic (exact) mass is 246 g/mol.